The zero-order chi connectivity index (χ0) is 27.5. The molecule has 1 amide bonds. The third-order valence-electron chi connectivity index (χ3n) is 8.00. The van der Waals surface area contributed by atoms with Gasteiger partial charge in [-0.15, -0.1) is 0 Å². The first-order chi connectivity index (χ1) is 19.6. The minimum Gasteiger partial charge on any atom is -0.508 e. The van der Waals surface area contributed by atoms with E-state index in [1.165, 1.54) is 6.08 Å². The van der Waals surface area contributed by atoms with Crippen LogP contribution in [0, 0.1) is 0 Å². The van der Waals surface area contributed by atoms with E-state index in [-0.39, 0.29) is 11.7 Å². The third-order valence-corrected chi connectivity index (χ3v) is 8.00. The molecule has 1 aromatic heterocycles. The van der Waals surface area contributed by atoms with Gasteiger partial charge in [0.1, 0.15) is 18.2 Å². The first-order valence-corrected chi connectivity index (χ1v) is 14.0. The number of phenolic OH excluding ortho intramolecular Hbond substituents is 1. The highest BCUT2D eigenvalue weighted by Crippen LogP contribution is 2.36. The molecule has 0 atom stereocenters. The SMILES string of the molecule is C=CC(=O)N1CCN(c2nc(OCCN3CCOCC3)nc3c2CCN(c2cc(O)cc4ccccc24)C3)CC1. The Kier molecular flexibility index (Phi) is 7.70. The highest BCUT2D eigenvalue weighted by molar-refractivity contribution is 5.95. The van der Waals surface area contributed by atoms with Gasteiger partial charge in [0, 0.05) is 75.1 Å². The van der Waals surface area contributed by atoms with Crippen molar-refractivity contribution in [1.29, 1.82) is 0 Å². The number of hydrogen-bond donors (Lipinski definition) is 1. The largest absolute Gasteiger partial charge is 0.508 e. The predicted octanol–water partition coefficient (Wildman–Crippen LogP) is 2.44. The summed E-state index contributed by atoms with van der Waals surface area (Å²) in [5, 5.41) is 12.6. The summed E-state index contributed by atoms with van der Waals surface area (Å²) in [7, 11) is 0. The van der Waals surface area contributed by atoms with Crippen LogP contribution in [0.5, 0.6) is 11.8 Å². The van der Waals surface area contributed by atoms with Gasteiger partial charge in [-0.1, -0.05) is 30.8 Å². The monoisotopic (exact) mass is 544 g/mol. The Balaban J connectivity index is 1.27. The molecule has 2 saturated heterocycles. The number of ether oxygens (including phenoxy) is 2. The number of amides is 1. The zero-order valence-electron chi connectivity index (χ0n) is 22.8. The summed E-state index contributed by atoms with van der Waals surface area (Å²) in [5.41, 5.74) is 3.06. The van der Waals surface area contributed by atoms with Gasteiger partial charge in [0.05, 0.1) is 25.5 Å². The van der Waals surface area contributed by atoms with Crippen molar-refractivity contribution in [2.75, 3.05) is 82.0 Å². The molecular weight excluding hydrogens is 508 g/mol. The highest BCUT2D eigenvalue weighted by Gasteiger charge is 2.29. The van der Waals surface area contributed by atoms with Crippen molar-refractivity contribution in [3.63, 3.8) is 0 Å². The second-order valence-electron chi connectivity index (χ2n) is 10.4. The van der Waals surface area contributed by atoms with Crippen LogP contribution in [0.25, 0.3) is 10.8 Å². The first-order valence-electron chi connectivity index (χ1n) is 14.0. The van der Waals surface area contributed by atoms with Gasteiger partial charge in [0.15, 0.2) is 0 Å². The van der Waals surface area contributed by atoms with Gasteiger partial charge in [-0.05, 0) is 23.9 Å². The van der Waals surface area contributed by atoms with Crippen LogP contribution < -0.4 is 14.5 Å². The summed E-state index contributed by atoms with van der Waals surface area (Å²) < 4.78 is 11.6. The van der Waals surface area contributed by atoms with E-state index in [0.29, 0.717) is 45.3 Å². The molecule has 0 aliphatic carbocycles. The van der Waals surface area contributed by atoms with Crippen LogP contribution in [0.3, 0.4) is 0 Å². The number of nitrogens with zero attached hydrogens (tertiary/aromatic N) is 6. The van der Waals surface area contributed by atoms with E-state index in [4.69, 9.17) is 19.4 Å². The van der Waals surface area contributed by atoms with Crippen molar-refractivity contribution >= 4 is 28.2 Å². The standard InChI is InChI=1S/C30H36N6O4/c1-2-28(38)34-9-11-35(12-10-34)29-25-7-8-36(27-20-23(37)19-22-5-3-4-6-24(22)27)21-26(25)31-30(32-29)40-18-15-33-13-16-39-17-14-33/h2-6,19-20,37H,1,7-18,21H2. The van der Waals surface area contributed by atoms with Gasteiger partial charge >= 0.3 is 6.01 Å². The maximum atomic E-state index is 12.1. The molecule has 0 unspecified atom stereocenters. The van der Waals surface area contributed by atoms with Crippen LogP contribution in [-0.4, -0.2) is 103 Å². The van der Waals surface area contributed by atoms with Gasteiger partial charge in [-0.3, -0.25) is 9.69 Å². The van der Waals surface area contributed by atoms with Gasteiger partial charge in [0.25, 0.3) is 0 Å². The van der Waals surface area contributed by atoms with E-state index >= 15 is 0 Å². The molecule has 10 heteroatoms. The van der Waals surface area contributed by atoms with E-state index in [1.807, 2.05) is 29.2 Å². The molecule has 0 saturated carbocycles. The number of aromatic hydroxyl groups is 1. The molecule has 4 heterocycles. The number of aromatic nitrogens is 2. The van der Waals surface area contributed by atoms with Crippen molar-refractivity contribution < 1.29 is 19.4 Å². The number of rotatable bonds is 7. The number of carbonyl (C=O) groups is 1. The lowest BCUT2D eigenvalue weighted by molar-refractivity contribution is -0.126. The topological polar surface area (TPSA) is 94.5 Å². The summed E-state index contributed by atoms with van der Waals surface area (Å²) in [6, 6.07) is 12.1. The second-order valence-corrected chi connectivity index (χ2v) is 10.4. The second kappa shape index (κ2) is 11.7. The van der Waals surface area contributed by atoms with Crippen LogP contribution in [0.4, 0.5) is 11.5 Å². The highest BCUT2D eigenvalue weighted by atomic mass is 16.5. The number of hydrogen-bond acceptors (Lipinski definition) is 9. The van der Waals surface area contributed by atoms with Crippen LogP contribution in [0.1, 0.15) is 11.3 Å². The molecule has 2 aromatic carbocycles. The molecule has 3 aromatic rings. The average Bonchev–Trinajstić information content (AvgIpc) is 3.00. The fraction of sp³-hybridized carbons (Fsp3) is 0.433. The van der Waals surface area contributed by atoms with Gasteiger partial charge in [-0.25, -0.2) is 0 Å². The number of fused-ring (bicyclic) bond motifs is 2. The molecule has 1 N–H and O–H groups in total. The summed E-state index contributed by atoms with van der Waals surface area (Å²) >= 11 is 0. The lowest BCUT2D eigenvalue weighted by atomic mass is 10.0. The molecule has 3 aliphatic rings. The average molecular weight is 545 g/mol. The Morgan fingerprint density at radius 1 is 1.02 bits per heavy atom. The minimum atomic E-state index is -0.0366. The molecule has 0 bridgehead atoms. The Morgan fingerprint density at radius 3 is 2.62 bits per heavy atom. The van der Waals surface area contributed by atoms with E-state index in [2.05, 4.69) is 27.3 Å². The van der Waals surface area contributed by atoms with Crippen LogP contribution in [0.2, 0.25) is 0 Å². The van der Waals surface area contributed by atoms with Crippen molar-refractivity contribution in [1.82, 2.24) is 19.8 Å². The van der Waals surface area contributed by atoms with Gasteiger partial charge in [-0.2, -0.15) is 9.97 Å². The quantitative estimate of drug-likeness (QED) is 0.450. The van der Waals surface area contributed by atoms with E-state index in [9.17, 15) is 9.90 Å². The first kappa shape index (κ1) is 26.3. The predicted molar refractivity (Wildman–Crippen MR) is 154 cm³/mol. The summed E-state index contributed by atoms with van der Waals surface area (Å²) in [6.07, 6.45) is 2.15. The molecule has 40 heavy (non-hydrogen) atoms. The molecule has 3 aliphatic heterocycles. The minimum absolute atomic E-state index is 0.0366. The van der Waals surface area contributed by atoms with Gasteiger partial charge < -0.3 is 29.3 Å². The normalized spacial score (nSPS) is 18.1. The van der Waals surface area contributed by atoms with E-state index < -0.39 is 0 Å². The third kappa shape index (κ3) is 5.55. The maximum Gasteiger partial charge on any atom is 0.318 e. The Bertz CT molecular complexity index is 1380. The number of carbonyl (C=O) groups excluding carboxylic acids is 1. The number of benzene rings is 2. The molecule has 210 valence electrons. The fourth-order valence-electron chi connectivity index (χ4n) is 5.82. The lowest BCUT2D eigenvalue weighted by Crippen LogP contribution is -2.49. The molecular formula is C30H36N6O4. The van der Waals surface area contributed by atoms with Crippen LogP contribution in [-0.2, 0) is 22.5 Å². The summed E-state index contributed by atoms with van der Waals surface area (Å²) in [4.78, 5) is 30.6. The molecule has 6 rings (SSSR count). The number of phenols is 1. The van der Waals surface area contributed by atoms with Gasteiger partial charge in [0.2, 0.25) is 5.91 Å². The lowest BCUT2D eigenvalue weighted by Gasteiger charge is -2.38. The van der Waals surface area contributed by atoms with Crippen LogP contribution >= 0.6 is 0 Å². The van der Waals surface area contributed by atoms with Crippen molar-refractivity contribution in [2.45, 2.75) is 13.0 Å². The van der Waals surface area contributed by atoms with Crippen molar-refractivity contribution in [2.24, 2.45) is 0 Å². The smallest absolute Gasteiger partial charge is 0.318 e. The number of anilines is 2. The Hall–Kier alpha value is -3.89. The summed E-state index contributed by atoms with van der Waals surface area (Å²) in [6.45, 7) is 12.2. The number of piperazine rings is 1. The Morgan fingerprint density at radius 2 is 1.82 bits per heavy atom. The fourth-order valence-corrected chi connectivity index (χ4v) is 5.82. The molecule has 0 spiro atoms. The van der Waals surface area contributed by atoms with Crippen molar-refractivity contribution in [3.05, 3.63) is 60.3 Å². The summed E-state index contributed by atoms with van der Waals surface area (Å²) in [5.74, 6) is 1.12. The van der Waals surface area contributed by atoms with E-state index in [1.54, 1.807) is 6.07 Å². The van der Waals surface area contributed by atoms with Crippen molar-refractivity contribution in [3.8, 4) is 11.8 Å². The van der Waals surface area contributed by atoms with E-state index in [0.717, 1.165) is 79.3 Å². The molecule has 2 fully saturated rings. The Labute approximate surface area is 234 Å². The van der Waals surface area contributed by atoms with Crippen LogP contribution in [0.15, 0.2) is 49.1 Å². The molecule has 10 nitrogen and oxygen atoms in total. The zero-order valence-corrected chi connectivity index (χ0v) is 22.8. The molecule has 0 radical (unpaired) electrons. The number of morpholine rings is 1. The maximum absolute atomic E-state index is 12.1.